The lowest BCUT2D eigenvalue weighted by Crippen LogP contribution is -1.77. The van der Waals surface area contributed by atoms with E-state index in [0.717, 1.165) is 5.56 Å². The van der Waals surface area contributed by atoms with Crippen LogP contribution in [-0.2, 0) is 6.61 Å². The van der Waals surface area contributed by atoms with E-state index in [4.69, 9.17) is 5.11 Å². The summed E-state index contributed by atoms with van der Waals surface area (Å²) in [6.45, 7) is 0.140. The van der Waals surface area contributed by atoms with E-state index in [2.05, 4.69) is 0 Å². The van der Waals surface area contributed by atoms with Crippen LogP contribution in [0, 0.1) is 0 Å². The Labute approximate surface area is 71.7 Å². The van der Waals surface area contributed by atoms with E-state index in [1.54, 1.807) is 0 Å². The molecule has 5 N–H and O–H groups in total. The summed E-state index contributed by atoms with van der Waals surface area (Å²) in [6.07, 6.45) is 0. The van der Waals surface area contributed by atoms with Gasteiger partial charge in [0, 0.05) is 0 Å². The number of rotatable bonds is 1. The van der Waals surface area contributed by atoms with Crippen molar-refractivity contribution in [2.24, 2.45) is 0 Å². The molecule has 66 valence electrons. The summed E-state index contributed by atoms with van der Waals surface area (Å²) in [6, 6.07) is 9.52. The first kappa shape index (κ1) is 16.8. The third kappa shape index (κ3) is 5.82. The van der Waals surface area contributed by atoms with Crippen molar-refractivity contribution in [3.63, 3.8) is 0 Å². The highest BCUT2D eigenvalue weighted by Gasteiger charge is 1.81. The number of aliphatic hydroxyl groups excluding tert-OH is 1. The molecule has 0 saturated carbocycles. The average Bonchev–Trinajstić information content (AvgIpc) is 1.90. The maximum Gasteiger partial charge on any atom is 0.0681 e. The Morgan fingerprint density at radius 3 is 1.73 bits per heavy atom. The average molecular weight is 181 g/mol. The lowest BCUT2D eigenvalue weighted by molar-refractivity contribution is 0.282. The lowest BCUT2D eigenvalue weighted by Gasteiger charge is -1.89. The highest BCUT2D eigenvalue weighted by atomic mass is 35.5. The molecular weight excluding hydrogens is 168 g/mol. The molecule has 4 heteroatoms. The minimum absolute atomic E-state index is 0. The normalized spacial score (nSPS) is 6.64. The summed E-state index contributed by atoms with van der Waals surface area (Å²) < 4.78 is 0. The van der Waals surface area contributed by atoms with E-state index >= 15 is 0 Å². The van der Waals surface area contributed by atoms with Gasteiger partial charge in [0.1, 0.15) is 0 Å². The van der Waals surface area contributed by atoms with Crippen LogP contribution in [0.5, 0.6) is 0 Å². The van der Waals surface area contributed by atoms with E-state index in [9.17, 15) is 0 Å². The Balaban J connectivity index is -0.000000213. The second-order valence-electron chi connectivity index (χ2n) is 1.64. The van der Waals surface area contributed by atoms with E-state index in [-0.39, 0.29) is 30.0 Å². The lowest BCUT2D eigenvalue weighted by atomic mass is 10.2. The molecule has 0 amide bonds. The van der Waals surface area contributed by atoms with Gasteiger partial charge < -0.3 is 16.1 Å². The molecule has 0 radical (unpaired) electrons. The number of benzene rings is 1. The highest BCUT2D eigenvalue weighted by molar-refractivity contribution is 5.85. The first-order valence-corrected chi connectivity index (χ1v) is 2.58. The van der Waals surface area contributed by atoms with E-state index in [1.807, 2.05) is 30.3 Å². The first-order chi connectivity index (χ1) is 3.93. The SMILES string of the molecule is Cl.O.O.OCc1ccccc1. The number of hydrogen-bond donors (Lipinski definition) is 1. The number of aliphatic hydroxyl groups is 1. The van der Waals surface area contributed by atoms with Gasteiger partial charge in [-0.3, -0.25) is 0 Å². The van der Waals surface area contributed by atoms with E-state index in [0.29, 0.717) is 0 Å². The topological polar surface area (TPSA) is 83.2 Å². The van der Waals surface area contributed by atoms with Crippen LogP contribution >= 0.6 is 12.4 Å². The maximum atomic E-state index is 8.54. The first-order valence-electron chi connectivity index (χ1n) is 2.58. The van der Waals surface area contributed by atoms with Gasteiger partial charge in [-0.2, -0.15) is 0 Å². The molecular formula is C7H13ClO3. The minimum Gasteiger partial charge on any atom is -0.412 e. The molecule has 0 atom stereocenters. The van der Waals surface area contributed by atoms with Gasteiger partial charge in [0.15, 0.2) is 0 Å². The van der Waals surface area contributed by atoms with Crippen LogP contribution in [0.3, 0.4) is 0 Å². The summed E-state index contributed by atoms with van der Waals surface area (Å²) >= 11 is 0. The van der Waals surface area contributed by atoms with Crippen molar-refractivity contribution in [2.75, 3.05) is 0 Å². The molecule has 0 aromatic heterocycles. The van der Waals surface area contributed by atoms with Crippen LogP contribution in [-0.4, -0.2) is 16.1 Å². The quantitative estimate of drug-likeness (QED) is 0.646. The molecule has 3 nitrogen and oxygen atoms in total. The molecule has 0 fully saturated rings. The fourth-order valence-corrected chi connectivity index (χ4v) is 0.583. The number of hydrogen-bond acceptors (Lipinski definition) is 1. The maximum absolute atomic E-state index is 8.54. The second kappa shape index (κ2) is 9.39. The van der Waals surface area contributed by atoms with Gasteiger partial charge in [-0.1, -0.05) is 30.3 Å². The summed E-state index contributed by atoms with van der Waals surface area (Å²) in [5, 5.41) is 8.54. The molecule has 0 spiro atoms. The fourth-order valence-electron chi connectivity index (χ4n) is 0.583. The van der Waals surface area contributed by atoms with Crippen molar-refractivity contribution in [2.45, 2.75) is 6.61 Å². The smallest absolute Gasteiger partial charge is 0.0681 e. The van der Waals surface area contributed by atoms with Crippen molar-refractivity contribution in [3.05, 3.63) is 35.9 Å². The molecule has 0 aliphatic carbocycles. The van der Waals surface area contributed by atoms with Crippen molar-refractivity contribution >= 4 is 12.4 Å². The molecule has 1 aromatic carbocycles. The molecule has 1 rings (SSSR count). The zero-order valence-electron chi connectivity index (χ0n) is 5.95. The predicted octanol–water partition coefficient (Wildman–Crippen LogP) is -0.0487. The van der Waals surface area contributed by atoms with Crippen LogP contribution in [0.4, 0.5) is 0 Å². The number of halogens is 1. The standard InChI is InChI=1S/C7H8O.ClH.2H2O/c8-6-7-4-2-1-3-5-7;;;/h1-5,8H,6H2;1H;2*1H2. The van der Waals surface area contributed by atoms with Crippen molar-refractivity contribution in [3.8, 4) is 0 Å². The van der Waals surface area contributed by atoms with Crippen LogP contribution < -0.4 is 0 Å². The van der Waals surface area contributed by atoms with Gasteiger partial charge in [0.2, 0.25) is 0 Å². The third-order valence-corrected chi connectivity index (χ3v) is 1.03. The van der Waals surface area contributed by atoms with E-state index in [1.165, 1.54) is 0 Å². The van der Waals surface area contributed by atoms with Crippen LogP contribution in [0.2, 0.25) is 0 Å². The summed E-state index contributed by atoms with van der Waals surface area (Å²) in [4.78, 5) is 0. The van der Waals surface area contributed by atoms with Crippen LogP contribution in [0.15, 0.2) is 30.3 Å². The summed E-state index contributed by atoms with van der Waals surface area (Å²) in [7, 11) is 0. The van der Waals surface area contributed by atoms with Crippen molar-refractivity contribution in [1.29, 1.82) is 0 Å². The van der Waals surface area contributed by atoms with Gasteiger partial charge in [-0.25, -0.2) is 0 Å². The van der Waals surface area contributed by atoms with Crippen LogP contribution in [0.1, 0.15) is 5.56 Å². The van der Waals surface area contributed by atoms with Crippen molar-refractivity contribution in [1.82, 2.24) is 0 Å². The summed E-state index contributed by atoms with van der Waals surface area (Å²) in [5.41, 5.74) is 0.965. The van der Waals surface area contributed by atoms with Crippen molar-refractivity contribution < 1.29 is 16.1 Å². The Morgan fingerprint density at radius 1 is 1.00 bits per heavy atom. The molecule has 1 aromatic rings. The molecule has 0 unspecified atom stereocenters. The molecule has 0 bridgehead atoms. The third-order valence-electron chi connectivity index (χ3n) is 1.03. The molecule has 0 aliphatic heterocycles. The fraction of sp³-hybridized carbons (Fsp3) is 0.143. The Hall–Kier alpha value is -0.610. The highest BCUT2D eigenvalue weighted by Crippen LogP contribution is 1.95. The Kier molecular flexibility index (Phi) is 14.3. The molecule has 0 aliphatic rings. The molecule has 11 heavy (non-hydrogen) atoms. The predicted molar refractivity (Wildman–Crippen MR) is 46.8 cm³/mol. The molecule has 0 heterocycles. The zero-order valence-corrected chi connectivity index (χ0v) is 6.77. The second-order valence-corrected chi connectivity index (χ2v) is 1.64. The van der Waals surface area contributed by atoms with Gasteiger partial charge >= 0.3 is 0 Å². The monoisotopic (exact) mass is 180 g/mol. The largest absolute Gasteiger partial charge is 0.412 e. The van der Waals surface area contributed by atoms with Gasteiger partial charge in [0.05, 0.1) is 6.61 Å². The molecule has 0 saturated heterocycles. The Morgan fingerprint density at radius 2 is 1.45 bits per heavy atom. The zero-order chi connectivity index (χ0) is 5.82. The van der Waals surface area contributed by atoms with Gasteiger partial charge in [0.25, 0.3) is 0 Å². The minimum atomic E-state index is 0. The van der Waals surface area contributed by atoms with Gasteiger partial charge in [-0.15, -0.1) is 12.4 Å². The van der Waals surface area contributed by atoms with Gasteiger partial charge in [-0.05, 0) is 5.56 Å². The van der Waals surface area contributed by atoms with Crippen LogP contribution in [0.25, 0.3) is 0 Å². The summed E-state index contributed by atoms with van der Waals surface area (Å²) in [5.74, 6) is 0. The van der Waals surface area contributed by atoms with E-state index < -0.39 is 0 Å². The Bertz CT molecular complexity index is 155.